The predicted octanol–water partition coefficient (Wildman–Crippen LogP) is 4.54. The predicted molar refractivity (Wildman–Crippen MR) is 91.3 cm³/mol. The first kappa shape index (κ1) is 14.8. The van der Waals surface area contributed by atoms with Gasteiger partial charge >= 0.3 is 0 Å². The smallest absolute Gasteiger partial charge is 0.248 e. The molecule has 0 aliphatic rings. The molecule has 0 radical (unpaired) electrons. The number of carbonyl (C=O) groups excluding carboxylic acids is 1. The van der Waals surface area contributed by atoms with Gasteiger partial charge in [0.15, 0.2) is 0 Å². The number of halogens is 1. The van der Waals surface area contributed by atoms with Crippen LogP contribution in [0, 0.1) is 6.92 Å². The number of amides is 1. The zero-order valence-electron chi connectivity index (χ0n) is 11.8. The van der Waals surface area contributed by atoms with E-state index in [0.29, 0.717) is 10.6 Å². The molecule has 2 aromatic carbocycles. The summed E-state index contributed by atoms with van der Waals surface area (Å²) in [7, 11) is 0. The van der Waals surface area contributed by atoms with Crippen LogP contribution in [0.15, 0.2) is 48.5 Å². The number of carbonyl (C=O) groups is 1. The first-order valence-electron chi connectivity index (χ1n) is 6.68. The maximum absolute atomic E-state index is 11.3. The number of hydrogen-bond donors (Lipinski definition) is 1. The molecule has 0 fully saturated rings. The lowest BCUT2D eigenvalue weighted by molar-refractivity contribution is 0.100. The summed E-state index contributed by atoms with van der Waals surface area (Å²) in [6.07, 6.45) is 0. The second-order valence-corrected chi connectivity index (χ2v) is 6.52. The molecule has 0 atom stereocenters. The fourth-order valence-electron chi connectivity index (χ4n) is 2.20. The number of primary amides is 1. The number of nitrogens with two attached hydrogens (primary N) is 1. The van der Waals surface area contributed by atoms with E-state index in [9.17, 15) is 4.79 Å². The highest BCUT2D eigenvalue weighted by molar-refractivity contribution is 7.15. The molecule has 5 heteroatoms. The fourth-order valence-corrected chi connectivity index (χ4v) is 3.26. The average Bonchev–Trinajstić information content (AvgIpc) is 2.90. The highest BCUT2D eigenvalue weighted by Crippen LogP contribution is 2.33. The minimum Gasteiger partial charge on any atom is -0.366 e. The molecular formula is C17H13ClN2OS. The maximum Gasteiger partial charge on any atom is 0.248 e. The molecule has 1 amide bonds. The second-order valence-electron chi connectivity index (χ2n) is 4.88. The van der Waals surface area contributed by atoms with Gasteiger partial charge in [-0.1, -0.05) is 35.9 Å². The van der Waals surface area contributed by atoms with Crippen LogP contribution >= 0.6 is 22.9 Å². The molecule has 0 unspecified atom stereocenters. The number of hydrogen-bond acceptors (Lipinski definition) is 3. The largest absolute Gasteiger partial charge is 0.366 e. The molecule has 0 aliphatic carbocycles. The van der Waals surface area contributed by atoms with E-state index in [2.05, 4.69) is 0 Å². The average molecular weight is 329 g/mol. The molecular weight excluding hydrogens is 316 g/mol. The molecule has 1 heterocycles. The van der Waals surface area contributed by atoms with Crippen molar-refractivity contribution in [3.05, 3.63) is 64.0 Å². The highest BCUT2D eigenvalue weighted by Gasteiger charge is 2.12. The first-order valence-corrected chi connectivity index (χ1v) is 7.87. The number of rotatable bonds is 3. The van der Waals surface area contributed by atoms with Gasteiger partial charge in [-0.3, -0.25) is 4.79 Å². The SMILES string of the molecule is Cc1sc(-c2cccc(C(N)=O)c2)nc1-c1ccc(Cl)cc1. The molecule has 0 saturated carbocycles. The van der Waals surface area contributed by atoms with Crippen molar-refractivity contribution in [2.24, 2.45) is 5.73 Å². The molecule has 110 valence electrons. The number of aromatic nitrogens is 1. The summed E-state index contributed by atoms with van der Waals surface area (Å²) in [5.41, 5.74) is 8.67. The first-order chi connectivity index (χ1) is 10.5. The van der Waals surface area contributed by atoms with Gasteiger partial charge in [-0.15, -0.1) is 11.3 Å². The van der Waals surface area contributed by atoms with Gasteiger partial charge in [-0.25, -0.2) is 4.98 Å². The van der Waals surface area contributed by atoms with Crippen molar-refractivity contribution >= 4 is 28.8 Å². The van der Waals surface area contributed by atoms with Crippen molar-refractivity contribution in [2.45, 2.75) is 6.92 Å². The third-order valence-electron chi connectivity index (χ3n) is 3.31. The van der Waals surface area contributed by atoms with Gasteiger partial charge in [-0.05, 0) is 31.2 Å². The third-order valence-corrected chi connectivity index (χ3v) is 4.58. The summed E-state index contributed by atoms with van der Waals surface area (Å²) in [6.45, 7) is 2.03. The van der Waals surface area contributed by atoms with Gasteiger partial charge in [0.1, 0.15) is 5.01 Å². The molecule has 1 aromatic heterocycles. The monoisotopic (exact) mass is 328 g/mol. The van der Waals surface area contributed by atoms with Gasteiger partial charge in [0, 0.05) is 26.6 Å². The normalized spacial score (nSPS) is 10.6. The lowest BCUT2D eigenvalue weighted by atomic mass is 10.1. The zero-order chi connectivity index (χ0) is 15.7. The Bertz CT molecular complexity index is 840. The summed E-state index contributed by atoms with van der Waals surface area (Å²) < 4.78 is 0. The Hall–Kier alpha value is -2.17. The van der Waals surface area contributed by atoms with Gasteiger partial charge in [0.25, 0.3) is 0 Å². The Morgan fingerprint density at radius 3 is 2.55 bits per heavy atom. The highest BCUT2D eigenvalue weighted by atomic mass is 35.5. The number of nitrogens with zero attached hydrogens (tertiary/aromatic N) is 1. The summed E-state index contributed by atoms with van der Waals surface area (Å²) in [4.78, 5) is 17.1. The van der Waals surface area contributed by atoms with E-state index in [1.54, 1.807) is 23.5 Å². The van der Waals surface area contributed by atoms with Crippen molar-refractivity contribution < 1.29 is 4.79 Å². The van der Waals surface area contributed by atoms with Crippen molar-refractivity contribution in [2.75, 3.05) is 0 Å². The van der Waals surface area contributed by atoms with Crippen molar-refractivity contribution in [1.82, 2.24) is 4.98 Å². The topological polar surface area (TPSA) is 56.0 Å². The van der Waals surface area contributed by atoms with Gasteiger partial charge < -0.3 is 5.73 Å². The van der Waals surface area contributed by atoms with E-state index >= 15 is 0 Å². The molecule has 3 rings (SSSR count). The van der Waals surface area contributed by atoms with E-state index in [1.807, 2.05) is 43.3 Å². The quantitative estimate of drug-likeness (QED) is 0.767. The van der Waals surface area contributed by atoms with Crippen LogP contribution in [0.4, 0.5) is 0 Å². The van der Waals surface area contributed by atoms with Crippen LogP contribution in [-0.4, -0.2) is 10.9 Å². The van der Waals surface area contributed by atoms with Crippen molar-refractivity contribution in [3.8, 4) is 21.8 Å². The lowest BCUT2D eigenvalue weighted by Crippen LogP contribution is -2.10. The van der Waals surface area contributed by atoms with Gasteiger partial charge in [0.05, 0.1) is 5.69 Å². The molecule has 0 spiro atoms. The van der Waals surface area contributed by atoms with Crippen LogP contribution in [0.1, 0.15) is 15.2 Å². The minimum atomic E-state index is -0.437. The van der Waals surface area contributed by atoms with Crippen LogP contribution in [0.25, 0.3) is 21.8 Å². The van der Waals surface area contributed by atoms with E-state index in [-0.39, 0.29) is 0 Å². The molecule has 0 aliphatic heterocycles. The van der Waals surface area contributed by atoms with Crippen LogP contribution in [0.5, 0.6) is 0 Å². The van der Waals surface area contributed by atoms with Gasteiger partial charge in [0.2, 0.25) is 5.91 Å². The Balaban J connectivity index is 2.04. The van der Waals surface area contributed by atoms with Crippen LogP contribution in [0.2, 0.25) is 5.02 Å². The lowest BCUT2D eigenvalue weighted by Gasteiger charge is -2.00. The Morgan fingerprint density at radius 1 is 1.14 bits per heavy atom. The number of benzene rings is 2. The van der Waals surface area contributed by atoms with Crippen LogP contribution < -0.4 is 5.73 Å². The molecule has 3 nitrogen and oxygen atoms in total. The summed E-state index contributed by atoms with van der Waals surface area (Å²) >= 11 is 7.52. The second kappa shape index (κ2) is 5.91. The summed E-state index contributed by atoms with van der Waals surface area (Å²) in [5, 5.41) is 1.57. The molecule has 0 saturated heterocycles. The molecule has 3 aromatic rings. The van der Waals surface area contributed by atoms with Gasteiger partial charge in [-0.2, -0.15) is 0 Å². The molecule has 0 bridgehead atoms. The summed E-state index contributed by atoms with van der Waals surface area (Å²) in [6, 6.07) is 14.8. The third kappa shape index (κ3) is 2.89. The zero-order valence-corrected chi connectivity index (χ0v) is 13.4. The Morgan fingerprint density at radius 2 is 1.86 bits per heavy atom. The van der Waals surface area contributed by atoms with Crippen molar-refractivity contribution in [3.63, 3.8) is 0 Å². The Kier molecular flexibility index (Phi) is 3.96. The fraction of sp³-hybridized carbons (Fsp3) is 0.0588. The van der Waals surface area contributed by atoms with E-state index in [4.69, 9.17) is 22.3 Å². The minimum absolute atomic E-state index is 0.437. The number of aryl methyl sites for hydroxylation is 1. The standard InChI is InChI=1S/C17H13ClN2OS/c1-10-15(11-5-7-14(18)8-6-11)20-17(22-10)13-4-2-3-12(9-13)16(19)21/h2-9H,1H3,(H2,19,21). The van der Waals surface area contributed by atoms with Crippen LogP contribution in [0.3, 0.4) is 0 Å². The Labute approximate surface area is 137 Å². The number of thiazole rings is 1. The van der Waals surface area contributed by atoms with E-state index in [1.165, 1.54) is 0 Å². The molecule has 22 heavy (non-hydrogen) atoms. The summed E-state index contributed by atoms with van der Waals surface area (Å²) in [5.74, 6) is -0.437. The molecule has 2 N–H and O–H groups in total. The van der Waals surface area contributed by atoms with E-state index in [0.717, 1.165) is 26.7 Å². The maximum atomic E-state index is 11.3. The van der Waals surface area contributed by atoms with Crippen molar-refractivity contribution in [1.29, 1.82) is 0 Å². The van der Waals surface area contributed by atoms with E-state index < -0.39 is 5.91 Å². The van der Waals surface area contributed by atoms with Crippen LogP contribution in [-0.2, 0) is 0 Å².